The molecule has 0 amide bonds. The molecular weight excluding hydrogens is 490 g/mol. The fourth-order valence-corrected chi connectivity index (χ4v) is 4.83. The van der Waals surface area contributed by atoms with Crippen LogP contribution in [0.5, 0.6) is 5.75 Å². The number of nitrogens with one attached hydrogen (secondary N) is 1. The molecule has 1 N–H and O–H groups in total. The summed E-state index contributed by atoms with van der Waals surface area (Å²) in [7, 11) is 0. The van der Waals surface area contributed by atoms with Crippen LogP contribution in [0.1, 0.15) is 24.1 Å². The van der Waals surface area contributed by atoms with E-state index in [0.29, 0.717) is 36.2 Å². The van der Waals surface area contributed by atoms with Gasteiger partial charge in [-0.05, 0) is 48.0 Å². The molecule has 2 aromatic carbocycles. The molecule has 1 fully saturated rings. The van der Waals surface area contributed by atoms with Gasteiger partial charge in [-0.1, -0.05) is 23.7 Å². The van der Waals surface area contributed by atoms with Crippen molar-refractivity contribution in [1.82, 2.24) is 15.0 Å². The molecule has 0 aliphatic carbocycles. The summed E-state index contributed by atoms with van der Waals surface area (Å²) in [6, 6.07) is 17.4. The van der Waals surface area contributed by atoms with Crippen LogP contribution < -0.4 is 10.1 Å². The molecule has 188 valence electrons. The van der Waals surface area contributed by atoms with E-state index >= 15 is 0 Å². The maximum absolute atomic E-state index is 6.51. The van der Waals surface area contributed by atoms with Gasteiger partial charge in [0.25, 0.3) is 0 Å². The van der Waals surface area contributed by atoms with Crippen LogP contribution in [0.15, 0.2) is 72.1 Å². The Morgan fingerprint density at radius 3 is 2.76 bits per heavy atom. The lowest BCUT2D eigenvalue weighted by Gasteiger charge is -2.32. The average Bonchev–Trinajstić information content (AvgIpc) is 3.30. The lowest BCUT2D eigenvalue weighted by Crippen LogP contribution is -2.39. The molecule has 0 unspecified atom stereocenters. The smallest absolute Gasteiger partial charge is 0.188 e. The third kappa shape index (κ3) is 5.35. The summed E-state index contributed by atoms with van der Waals surface area (Å²) in [5.74, 6) is 2.06. The van der Waals surface area contributed by atoms with E-state index in [9.17, 15) is 0 Å². The number of nitrogens with zero attached hydrogens (tertiary/aromatic N) is 4. The molecule has 8 nitrogen and oxygen atoms in total. The fourth-order valence-electron chi connectivity index (χ4n) is 4.60. The number of halogens is 1. The maximum atomic E-state index is 6.51. The monoisotopic (exact) mass is 515 g/mol. The van der Waals surface area contributed by atoms with E-state index in [1.165, 1.54) is 0 Å². The van der Waals surface area contributed by atoms with Crippen molar-refractivity contribution in [2.75, 3.05) is 25.1 Å². The van der Waals surface area contributed by atoms with E-state index < -0.39 is 0 Å². The summed E-state index contributed by atoms with van der Waals surface area (Å²) in [5, 5.41) is 4.78. The first-order valence-corrected chi connectivity index (χ1v) is 12.7. The minimum atomic E-state index is -0.187. The van der Waals surface area contributed by atoms with Gasteiger partial charge in [0.05, 0.1) is 36.0 Å². The first-order valence-electron chi connectivity index (χ1n) is 12.3. The van der Waals surface area contributed by atoms with Crippen molar-refractivity contribution in [3.8, 4) is 5.75 Å². The molecule has 4 aromatic rings. The van der Waals surface area contributed by atoms with Gasteiger partial charge in [0.1, 0.15) is 30.1 Å². The van der Waals surface area contributed by atoms with Crippen molar-refractivity contribution in [1.29, 1.82) is 0 Å². The number of hydrogen-bond donors (Lipinski definition) is 1. The molecule has 9 heteroatoms. The van der Waals surface area contributed by atoms with Gasteiger partial charge in [-0.15, -0.1) is 0 Å². The van der Waals surface area contributed by atoms with Crippen LogP contribution in [0.25, 0.3) is 10.9 Å². The molecule has 0 radical (unpaired) electrons. The molecule has 0 atom stereocenters. The fraction of sp³-hybridized carbons (Fsp3) is 0.286. The van der Waals surface area contributed by atoms with Gasteiger partial charge >= 0.3 is 0 Å². The highest BCUT2D eigenvalue weighted by Gasteiger charge is 2.39. The van der Waals surface area contributed by atoms with Crippen molar-refractivity contribution < 1.29 is 14.2 Å². The lowest BCUT2D eigenvalue weighted by atomic mass is 9.95. The second-order valence-electron chi connectivity index (χ2n) is 9.24. The Hall–Kier alpha value is -3.75. The summed E-state index contributed by atoms with van der Waals surface area (Å²) in [4.78, 5) is 17.9. The molecule has 4 heterocycles. The van der Waals surface area contributed by atoms with Crippen LogP contribution in [0, 0.1) is 0 Å². The van der Waals surface area contributed by atoms with Crippen LogP contribution in [-0.2, 0) is 22.5 Å². The van der Waals surface area contributed by atoms with E-state index in [4.69, 9.17) is 30.8 Å². The number of ether oxygens (including phenoxy) is 3. The van der Waals surface area contributed by atoms with Crippen LogP contribution in [0.4, 0.5) is 11.5 Å². The molecule has 0 saturated carbocycles. The topological polar surface area (TPSA) is 90.8 Å². The molecule has 2 aromatic heterocycles. The Kier molecular flexibility index (Phi) is 6.59. The summed E-state index contributed by atoms with van der Waals surface area (Å²) < 4.78 is 17.6. The van der Waals surface area contributed by atoms with Gasteiger partial charge in [0.2, 0.25) is 0 Å². The van der Waals surface area contributed by atoms with Crippen LogP contribution in [0.3, 0.4) is 0 Å². The van der Waals surface area contributed by atoms with Crippen molar-refractivity contribution in [2.45, 2.75) is 31.5 Å². The highest BCUT2D eigenvalue weighted by Crippen LogP contribution is 2.33. The molecule has 2 aliphatic rings. The molecule has 1 saturated heterocycles. The molecular formula is C28H26ClN5O3. The van der Waals surface area contributed by atoms with E-state index in [1.807, 2.05) is 42.5 Å². The van der Waals surface area contributed by atoms with E-state index in [2.05, 4.69) is 32.4 Å². The zero-order valence-electron chi connectivity index (χ0n) is 20.2. The minimum Gasteiger partial charge on any atom is -0.486 e. The third-order valence-corrected chi connectivity index (χ3v) is 6.93. The normalized spacial score (nSPS) is 16.4. The Morgan fingerprint density at radius 1 is 1.00 bits per heavy atom. The standard InChI is InChI=1S/C28H26ClN5O3/c29-23-15-20(5-7-25(23)36-16-21-3-1-2-10-30-21)34-27-22-13-19(4-6-24(22)32-18-33-27)14-26-31-17-28(37-26)8-11-35-12-9-28/h1-7,10,13,15,18H,8-9,11-12,14,16-17H2,(H,32,33,34). The van der Waals surface area contributed by atoms with E-state index in [0.717, 1.165) is 59.8 Å². The first-order chi connectivity index (χ1) is 18.2. The quantitative estimate of drug-likeness (QED) is 0.346. The lowest BCUT2D eigenvalue weighted by molar-refractivity contribution is -0.0369. The molecule has 1 spiro atoms. The van der Waals surface area contributed by atoms with Crippen molar-refractivity contribution in [3.05, 3.63) is 83.4 Å². The maximum Gasteiger partial charge on any atom is 0.188 e. The number of benzene rings is 2. The predicted octanol–water partition coefficient (Wildman–Crippen LogP) is 5.52. The van der Waals surface area contributed by atoms with E-state index in [1.54, 1.807) is 12.5 Å². The number of rotatable bonds is 7. The highest BCUT2D eigenvalue weighted by atomic mass is 35.5. The molecule has 37 heavy (non-hydrogen) atoms. The Morgan fingerprint density at radius 2 is 1.92 bits per heavy atom. The SMILES string of the molecule is Clc1cc(Nc2ncnc3ccc(CC4=NCC5(CCOCC5)O4)cc23)ccc1OCc1ccccn1. The third-order valence-electron chi connectivity index (χ3n) is 6.63. The number of pyridine rings is 1. The van der Waals surface area contributed by atoms with Crippen molar-refractivity contribution in [2.24, 2.45) is 4.99 Å². The van der Waals surface area contributed by atoms with Crippen molar-refractivity contribution in [3.63, 3.8) is 0 Å². The minimum absolute atomic E-state index is 0.187. The number of aliphatic imine (C=N–C) groups is 1. The Balaban J connectivity index is 1.17. The summed E-state index contributed by atoms with van der Waals surface area (Å²) >= 11 is 6.51. The largest absolute Gasteiger partial charge is 0.486 e. The molecule has 2 aliphatic heterocycles. The zero-order chi connectivity index (χ0) is 25.1. The second-order valence-corrected chi connectivity index (χ2v) is 9.65. The number of anilines is 2. The summed E-state index contributed by atoms with van der Waals surface area (Å²) in [5.41, 5.74) is 3.38. The van der Waals surface area contributed by atoms with Gasteiger partial charge in [0.15, 0.2) is 5.90 Å². The van der Waals surface area contributed by atoms with Crippen LogP contribution in [-0.4, -0.2) is 46.2 Å². The number of fused-ring (bicyclic) bond motifs is 1. The van der Waals surface area contributed by atoms with Gasteiger partial charge in [-0.25, -0.2) is 9.97 Å². The molecule has 0 bridgehead atoms. The van der Waals surface area contributed by atoms with Crippen molar-refractivity contribution >= 4 is 39.9 Å². The van der Waals surface area contributed by atoms with Crippen LogP contribution in [0.2, 0.25) is 5.02 Å². The predicted molar refractivity (Wildman–Crippen MR) is 143 cm³/mol. The summed E-state index contributed by atoms with van der Waals surface area (Å²) in [6.07, 6.45) is 5.68. The summed E-state index contributed by atoms with van der Waals surface area (Å²) in [6.45, 7) is 2.51. The highest BCUT2D eigenvalue weighted by molar-refractivity contribution is 6.32. The number of aromatic nitrogens is 3. The zero-order valence-corrected chi connectivity index (χ0v) is 20.9. The van der Waals surface area contributed by atoms with Gasteiger partial charge < -0.3 is 19.5 Å². The number of hydrogen-bond acceptors (Lipinski definition) is 8. The van der Waals surface area contributed by atoms with Gasteiger partial charge in [-0.3, -0.25) is 9.98 Å². The second kappa shape index (κ2) is 10.3. The van der Waals surface area contributed by atoms with Gasteiger partial charge in [0, 0.05) is 36.5 Å². The molecule has 6 rings (SSSR count). The Bertz CT molecular complexity index is 1440. The van der Waals surface area contributed by atoms with Crippen LogP contribution >= 0.6 is 11.6 Å². The first kappa shape index (κ1) is 23.6. The Labute approximate surface area is 219 Å². The van der Waals surface area contributed by atoms with Gasteiger partial charge in [-0.2, -0.15) is 0 Å². The van der Waals surface area contributed by atoms with E-state index in [-0.39, 0.29) is 5.60 Å². The average molecular weight is 516 g/mol.